The second-order valence-corrected chi connectivity index (χ2v) is 5.37. The highest BCUT2D eigenvalue weighted by Crippen LogP contribution is 2.18. The van der Waals surface area contributed by atoms with Crippen molar-refractivity contribution in [2.24, 2.45) is 0 Å². The van der Waals surface area contributed by atoms with Gasteiger partial charge in [-0.05, 0) is 38.1 Å². The molecule has 0 saturated carbocycles. The molecule has 0 atom stereocenters. The van der Waals surface area contributed by atoms with Gasteiger partial charge in [0, 0.05) is 19.2 Å². The largest absolute Gasteiger partial charge is 0.497 e. The Morgan fingerprint density at radius 2 is 2.00 bits per heavy atom. The van der Waals surface area contributed by atoms with Crippen LogP contribution < -0.4 is 10.4 Å². The lowest BCUT2D eigenvalue weighted by Gasteiger charge is -2.26. The second-order valence-electron chi connectivity index (χ2n) is 5.37. The average Bonchev–Trinajstić information content (AvgIpc) is 2.80. The molecular formula is C15H21N3O2. The van der Waals surface area contributed by atoms with Crippen molar-refractivity contribution in [3.63, 3.8) is 0 Å². The van der Waals surface area contributed by atoms with E-state index < -0.39 is 0 Å². The Balaban J connectivity index is 1.82. The van der Waals surface area contributed by atoms with Gasteiger partial charge in [0.05, 0.1) is 18.1 Å². The summed E-state index contributed by atoms with van der Waals surface area (Å²) in [6, 6.07) is 5.68. The van der Waals surface area contributed by atoms with Gasteiger partial charge >= 0.3 is 5.69 Å². The van der Waals surface area contributed by atoms with E-state index >= 15 is 0 Å². The van der Waals surface area contributed by atoms with Crippen LogP contribution in [0.25, 0.3) is 11.0 Å². The third-order valence-corrected chi connectivity index (χ3v) is 4.07. The first-order valence-corrected chi connectivity index (χ1v) is 7.27. The number of rotatable bonds is 4. The highest BCUT2D eigenvalue weighted by molar-refractivity contribution is 5.76. The quantitative estimate of drug-likeness (QED) is 0.926. The molecular weight excluding hydrogens is 254 g/mol. The predicted octanol–water partition coefficient (Wildman–Crippen LogP) is 1.82. The van der Waals surface area contributed by atoms with Crippen LogP contribution in [0, 0.1) is 0 Å². The lowest BCUT2D eigenvalue weighted by Crippen LogP contribution is -2.34. The molecule has 0 aliphatic carbocycles. The van der Waals surface area contributed by atoms with Crippen LogP contribution in [0.15, 0.2) is 23.0 Å². The number of aromatic nitrogens is 2. The summed E-state index contributed by atoms with van der Waals surface area (Å²) in [5, 5.41) is 0. The van der Waals surface area contributed by atoms with Crippen molar-refractivity contribution >= 4 is 11.0 Å². The summed E-state index contributed by atoms with van der Waals surface area (Å²) in [6.07, 6.45) is 3.88. The Morgan fingerprint density at radius 3 is 2.75 bits per heavy atom. The zero-order valence-corrected chi connectivity index (χ0v) is 11.9. The van der Waals surface area contributed by atoms with E-state index in [1.807, 2.05) is 22.8 Å². The number of methoxy groups -OCH3 is 1. The molecule has 3 rings (SSSR count). The van der Waals surface area contributed by atoms with Crippen molar-refractivity contribution in [3.8, 4) is 5.75 Å². The van der Waals surface area contributed by atoms with Crippen LogP contribution in [0.5, 0.6) is 5.75 Å². The molecule has 0 amide bonds. The standard InChI is InChI=1S/C15H21N3O2/c1-20-12-5-6-13-14(11-12)18(15(19)16-13)10-9-17-7-3-2-4-8-17/h5-6,11H,2-4,7-10H2,1H3,(H,16,19). The van der Waals surface area contributed by atoms with Crippen molar-refractivity contribution in [2.75, 3.05) is 26.7 Å². The van der Waals surface area contributed by atoms with E-state index in [1.165, 1.54) is 19.3 Å². The van der Waals surface area contributed by atoms with Crippen molar-refractivity contribution in [1.29, 1.82) is 0 Å². The van der Waals surface area contributed by atoms with Crippen molar-refractivity contribution in [3.05, 3.63) is 28.7 Å². The summed E-state index contributed by atoms with van der Waals surface area (Å²) in [4.78, 5) is 17.4. The number of H-pyrrole nitrogens is 1. The van der Waals surface area contributed by atoms with E-state index in [2.05, 4.69) is 9.88 Å². The number of piperidine rings is 1. The van der Waals surface area contributed by atoms with E-state index in [4.69, 9.17) is 4.74 Å². The van der Waals surface area contributed by atoms with Gasteiger partial charge in [0.2, 0.25) is 0 Å². The number of nitrogens with zero attached hydrogens (tertiary/aromatic N) is 2. The summed E-state index contributed by atoms with van der Waals surface area (Å²) >= 11 is 0. The number of hydrogen-bond acceptors (Lipinski definition) is 3. The van der Waals surface area contributed by atoms with Crippen molar-refractivity contribution in [1.82, 2.24) is 14.5 Å². The van der Waals surface area contributed by atoms with Gasteiger partial charge in [-0.3, -0.25) is 4.57 Å². The van der Waals surface area contributed by atoms with Crippen LogP contribution >= 0.6 is 0 Å². The number of likely N-dealkylation sites (tertiary alicyclic amines) is 1. The lowest BCUT2D eigenvalue weighted by atomic mass is 10.1. The van der Waals surface area contributed by atoms with Gasteiger partial charge < -0.3 is 14.6 Å². The Labute approximate surface area is 118 Å². The van der Waals surface area contributed by atoms with Crippen LogP contribution in [0.4, 0.5) is 0 Å². The zero-order valence-electron chi connectivity index (χ0n) is 11.9. The number of fused-ring (bicyclic) bond motifs is 1. The summed E-state index contributed by atoms with van der Waals surface area (Å²) in [7, 11) is 1.64. The highest BCUT2D eigenvalue weighted by Gasteiger charge is 2.12. The fourth-order valence-electron chi connectivity index (χ4n) is 2.91. The van der Waals surface area contributed by atoms with Crippen LogP contribution in [0.2, 0.25) is 0 Å². The van der Waals surface area contributed by atoms with Crippen molar-refractivity contribution < 1.29 is 4.74 Å². The Hall–Kier alpha value is -1.75. The summed E-state index contributed by atoms with van der Waals surface area (Å²) in [5.41, 5.74) is 1.76. The normalized spacial score (nSPS) is 16.6. The third kappa shape index (κ3) is 2.58. The summed E-state index contributed by atoms with van der Waals surface area (Å²) < 4.78 is 7.05. The van der Waals surface area contributed by atoms with Gasteiger partial charge in [-0.1, -0.05) is 6.42 Å². The number of aromatic amines is 1. The molecule has 0 bridgehead atoms. The number of benzene rings is 1. The molecule has 1 aliphatic rings. The monoisotopic (exact) mass is 275 g/mol. The minimum atomic E-state index is -0.0368. The maximum absolute atomic E-state index is 12.1. The maximum atomic E-state index is 12.1. The number of nitrogens with one attached hydrogen (secondary N) is 1. The molecule has 1 fully saturated rings. The molecule has 1 N–H and O–H groups in total. The molecule has 5 nitrogen and oxygen atoms in total. The molecule has 2 heterocycles. The summed E-state index contributed by atoms with van der Waals surface area (Å²) in [6.45, 7) is 3.97. The van der Waals surface area contributed by atoms with Gasteiger partial charge in [0.25, 0.3) is 0 Å². The van der Waals surface area contributed by atoms with Crippen LogP contribution in [0.1, 0.15) is 19.3 Å². The molecule has 108 valence electrons. The SMILES string of the molecule is COc1ccc2[nH]c(=O)n(CCN3CCCCC3)c2c1. The van der Waals surface area contributed by atoms with E-state index in [9.17, 15) is 4.79 Å². The first kappa shape index (κ1) is 13.2. The minimum absolute atomic E-state index is 0.0368. The molecule has 2 aromatic rings. The van der Waals surface area contributed by atoms with Gasteiger partial charge in [-0.15, -0.1) is 0 Å². The smallest absolute Gasteiger partial charge is 0.326 e. The van der Waals surface area contributed by atoms with Crippen molar-refractivity contribution in [2.45, 2.75) is 25.8 Å². The Bertz CT molecular complexity index is 638. The molecule has 1 aromatic carbocycles. The van der Waals surface area contributed by atoms with Gasteiger partial charge in [-0.2, -0.15) is 0 Å². The molecule has 1 saturated heterocycles. The molecule has 1 aliphatic heterocycles. The van der Waals surface area contributed by atoms with Crippen LogP contribution in [-0.2, 0) is 6.54 Å². The molecule has 20 heavy (non-hydrogen) atoms. The minimum Gasteiger partial charge on any atom is -0.497 e. The fraction of sp³-hybridized carbons (Fsp3) is 0.533. The second kappa shape index (κ2) is 5.71. The van der Waals surface area contributed by atoms with E-state index in [0.29, 0.717) is 0 Å². The number of imidazole rings is 1. The fourth-order valence-corrected chi connectivity index (χ4v) is 2.91. The highest BCUT2D eigenvalue weighted by atomic mass is 16.5. The average molecular weight is 275 g/mol. The summed E-state index contributed by atoms with van der Waals surface area (Å²) in [5.74, 6) is 0.781. The first-order valence-electron chi connectivity index (χ1n) is 7.27. The topological polar surface area (TPSA) is 50.3 Å². The van der Waals surface area contributed by atoms with Gasteiger partial charge in [0.1, 0.15) is 5.75 Å². The Kier molecular flexibility index (Phi) is 3.78. The third-order valence-electron chi connectivity index (χ3n) is 4.07. The zero-order chi connectivity index (χ0) is 13.9. The maximum Gasteiger partial charge on any atom is 0.326 e. The van der Waals surface area contributed by atoms with E-state index in [-0.39, 0.29) is 5.69 Å². The van der Waals surface area contributed by atoms with Gasteiger partial charge in [0.15, 0.2) is 0 Å². The molecule has 0 spiro atoms. The predicted molar refractivity (Wildman–Crippen MR) is 79.4 cm³/mol. The van der Waals surface area contributed by atoms with E-state index in [0.717, 1.165) is 43.0 Å². The van der Waals surface area contributed by atoms with Crippen LogP contribution in [0.3, 0.4) is 0 Å². The molecule has 5 heteroatoms. The molecule has 1 aromatic heterocycles. The number of hydrogen-bond donors (Lipinski definition) is 1. The van der Waals surface area contributed by atoms with Crippen LogP contribution in [-0.4, -0.2) is 41.2 Å². The van der Waals surface area contributed by atoms with Gasteiger partial charge in [-0.25, -0.2) is 4.79 Å². The lowest BCUT2D eigenvalue weighted by molar-refractivity contribution is 0.221. The first-order chi connectivity index (χ1) is 9.78. The Morgan fingerprint density at radius 1 is 1.20 bits per heavy atom. The molecule has 0 unspecified atom stereocenters. The molecule has 0 radical (unpaired) electrons. The van der Waals surface area contributed by atoms with E-state index in [1.54, 1.807) is 7.11 Å². The number of ether oxygens (including phenoxy) is 1.